The van der Waals surface area contributed by atoms with Gasteiger partial charge in [-0.3, -0.25) is 14.6 Å². The molecule has 108 valence electrons. The number of hydrogen-bond donors (Lipinski definition) is 1. The number of non-ortho nitro benzene ring substituents is 1. The zero-order valence-electron chi connectivity index (χ0n) is 11.0. The van der Waals surface area contributed by atoms with Gasteiger partial charge < -0.3 is 22.7 Å². The lowest BCUT2D eigenvalue weighted by molar-refractivity contribution is -0.777. The molecule has 0 aromatic heterocycles. The minimum Gasteiger partial charge on any atom is -1.00 e. The van der Waals surface area contributed by atoms with Crippen molar-refractivity contribution >= 4 is 12.0 Å². The van der Waals surface area contributed by atoms with E-state index in [-0.39, 0.29) is 27.6 Å². The fourth-order valence-electron chi connectivity index (χ4n) is 2.12. The topological polar surface area (TPSA) is 81.5 Å². The maximum atomic E-state index is 10.6. The fraction of sp³-hybridized carbons (Fsp3) is 0.308. The minimum atomic E-state index is -0.387. The summed E-state index contributed by atoms with van der Waals surface area (Å²) in [6, 6.07) is 6.68. The van der Waals surface area contributed by atoms with Crippen LogP contribution >= 0.6 is 0 Å². The van der Waals surface area contributed by atoms with Crippen LogP contribution in [0.4, 0.5) is 5.69 Å². The molecule has 0 amide bonds. The van der Waals surface area contributed by atoms with Gasteiger partial charge in [-0.15, -0.1) is 0 Å². The van der Waals surface area contributed by atoms with Crippen LogP contribution in [0.15, 0.2) is 41.7 Å². The second-order valence-corrected chi connectivity index (χ2v) is 4.58. The fourth-order valence-corrected chi connectivity index (χ4v) is 2.12. The van der Waals surface area contributed by atoms with Gasteiger partial charge in [0.2, 0.25) is 0 Å². The number of rotatable bonds is 6. The normalized spacial score (nSPS) is 19.9. The predicted molar refractivity (Wildman–Crippen MR) is 73.5 cm³/mol. The Labute approximate surface area is 128 Å². The first-order chi connectivity index (χ1) is 9.15. The molecule has 0 aliphatic carbocycles. The first-order valence-electron chi connectivity index (χ1n) is 6.17. The van der Waals surface area contributed by atoms with Crippen LogP contribution in [0, 0.1) is 10.1 Å². The lowest BCUT2D eigenvalue weighted by Crippen LogP contribution is -3.00. The zero-order chi connectivity index (χ0) is 13.7. The number of nitro benzene ring substituents is 1. The number of quaternary nitrogens is 1. The number of nitro groups is 1. The molecular weight excluding hydrogens is 324 g/mol. The molecule has 1 aromatic rings. The van der Waals surface area contributed by atoms with E-state index in [1.54, 1.807) is 18.3 Å². The molecule has 6 nitrogen and oxygen atoms in total. The lowest BCUT2D eigenvalue weighted by atomic mass is 10.1. The Bertz CT molecular complexity index is 502. The highest BCUT2D eigenvalue weighted by Gasteiger charge is 2.24. The minimum absolute atomic E-state index is 0. The maximum Gasteiger partial charge on any atom is 0.269 e. The summed E-state index contributed by atoms with van der Waals surface area (Å²) in [7, 11) is 0. The van der Waals surface area contributed by atoms with Gasteiger partial charge in [0, 0.05) is 25.1 Å². The Morgan fingerprint density at radius 1 is 1.25 bits per heavy atom. The Morgan fingerprint density at radius 2 is 1.95 bits per heavy atom. The van der Waals surface area contributed by atoms with Crippen molar-refractivity contribution < 1.29 is 26.4 Å². The second kappa shape index (κ2) is 7.28. The summed E-state index contributed by atoms with van der Waals surface area (Å²) < 4.78 is 0.646. The summed E-state index contributed by atoms with van der Waals surface area (Å²) >= 11 is 0. The van der Waals surface area contributed by atoms with Crippen LogP contribution < -0.4 is 22.7 Å². The molecule has 1 heterocycles. The summed E-state index contributed by atoms with van der Waals surface area (Å²) in [5.41, 5.74) is 6.83. The Kier molecular flexibility index (Phi) is 6.00. The van der Waals surface area contributed by atoms with Crippen molar-refractivity contribution in [2.45, 2.75) is 6.42 Å². The van der Waals surface area contributed by atoms with Crippen molar-refractivity contribution in [1.82, 2.24) is 0 Å². The third-order valence-electron chi connectivity index (χ3n) is 3.26. The summed E-state index contributed by atoms with van der Waals surface area (Å²) in [6.45, 7) is 2.26. The average molecular weight is 341 g/mol. The number of halogens is 1. The molecule has 2 N–H and O–H groups in total. The number of hydrogen-bond acceptors (Lipinski definition) is 4. The number of nitrogens with two attached hydrogens (primary N) is 1. The summed E-state index contributed by atoms with van der Waals surface area (Å²) in [6.07, 6.45) is 6.52. The molecule has 7 heteroatoms. The second-order valence-electron chi connectivity index (χ2n) is 4.58. The van der Waals surface area contributed by atoms with Gasteiger partial charge in [-0.1, -0.05) is 12.1 Å². The molecule has 0 fully saturated rings. The van der Waals surface area contributed by atoms with Crippen LogP contribution in [0.25, 0.3) is 0 Å². The summed E-state index contributed by atoms with van der Waals surface area (Å²) in [5.74, 6) is 0. The molecule has 0 bridgehead atoms. The standard InChI is InChI=1S/C13H17N4O2.BrH/c14-6-9-17(10-7-15-11-17)8-5-12-1-3-13(4-2-12)16(18)19;/h1-4,7,10-11H,5-6,8-9,14H2;1H/q+1;/p-1. The average Bonchev–Trinajstić information content (AvgIpc) is 2.86. The Hall–Kier alpha value is -1.57. The van der Waals surface area contributed by atoms with Gasteiger partial charge in [-0.2, -0.15) is 0 Å². The highest BCUT2D eigenvalue weighted by molar-refractivity contribution is 5.51. The molecule has 1 unspecified atom stereocenters. The molecule has 0 radical (unpaired) electrons. The quantitative estimate of drug-likeness (QED) is 0.386. The summed E-state index contributed by atoms with van der Waals surface area (Å²) in [4.78, 5) is 14.3. The van der Waals surface area contributed by atoms with E-state index in [1.165, 1.54) is 12.1 Å². The van der Waals surface area contributed by atoms with Gasteiger partial charge in [0.1, 0.15) is 12.7 Å². The van der Waals surface area contributed by atoms with Crippen molar-refractivity contribution in [3.63, 3.8) is 0 Å². The highest BCUT2D eigenvalue weighted by atomic mass is 79.9. The Morgan fingerprint density at radius 3 is 2.45 bits per heavy atom. The van der Waals surface area contributed by atoms with E-state index in [9.17, 15) is 10.1 Å². The van der Waals surface area contributed by atoms with Crippen LogP contribution in [0.2, 0.25) is 0 Å². The van der Waals surface area contributed by atoms with Crippen LogP contribution in [-0.4, -0.2) is 35.4 Å². The van der Waals surface area contributed by atoms with Gasteiger partial charge >= 0.3 is 0 Å². The SMILES string of the molecule is NCC[N+]1(CCc2ccc([N+](=O)[O-])cc2)C=CN=C1.[Br-]. The van der Waals surface area contributed by atoms with Crippen molar-refractivity contribution in [1.29, 1.82) is 0 Å². The first kappa shape index (κ1) is 16.5. The first-order valence-corrected chi connectivity index (χ1v) is 6.17. The molecule has 20 heavy (non-hydrogen) atoms. The molecule has 0 saturated carbocycles. The van der Waals surface area contributed by atoms with Crippen molar-refractivity contribution in [3.8, 4) is 0 Å². The molecule has 1 aliphatic heterocycles. The molecule has 0 spiro atoms. The predicted octanol–water partition coefficient (Wildman–Crippen LogP) is -1.57. The van der Waals surface area contributed by atoms with E-state index >= 15 is 0 Å². The zero-order valence-corrected chi connectivity index (χ0v) is 12.6. The molecule has 1 atom stereocenters. The van der Waals surface area contributed by atoms with Crippen molar-refractivity contribution in [2.24, 2.45) is 10.7 Å². The molecular formula is C13H17BrN4O2. The third kappa shape index (κ3) is 3.96. The van der Waals surface area contributed by atoms with Gasteiger partial charge in [-0.25, -0.2) is 4.99 Å². The molecule has 0 saturated heterocycles. The van der Waals surface area contributed by atoms with Crippen LogP contribution in [0.1, 0.15) is 5.56 Å². The Balaban J connectivity index is 0.00000200. The van der Waals surface area contributed by atoms with E-state index in [4.69, 9.17) is 5.73 Å². The number of nitrogens with zero attached hydrogens (tertiary/aromatic N) is 3. The van der Waals surface area contributed by atoms with Gasteiger partial charge in [0.25, 0.3) is 5.69 Å². The number of benzene rings is 1. The van der Waals surface area contributed by atoms with Gasteiger partial charge in [0.15, 0.2) is 6.34 Å². The van der Waals surface area contributed by atoms with Crippen LogP contribution in [0.5, 0.6) is 0 Å². The monoisotopic (exact) mass is 340 g/mol. The van der Waals surface area contributed by atoms with Crippen LogP contribution in [-0.2, 0) is 6.42 Å². The van der Waals surface area contributed by atoms with Crippen molar-refractivity contribution in [2.75, 3.05) is 19.6 Å². The maximum absolute atomic E-state index is 10.6. The molecule has 1 aliphatic rings. The van der Waals surface area contributed by atoms with E-state index < -0.39 is 0 Å². The highest BCUT2D eigenvalue weighted by Crippen LogP contribution is 2.16. The van der Waals surface area contributed by atoms with Gasteiger partial charge in [-0.05, 0) is 5.56 Å². The van der Waals surface area contributed by atoms with E-state index in [1.807, 2.05) is 12.5 Å². The molecule has 2 rings (SSSR count). The number of aliphatic imine (C=N–C) groups is 1. The van der Waals surface area contributed by atoms with Crippen molar-refractivity contribution in [3.05, 3.63) is 52.3 Å². The van der Waals surface area contributed by atoms with E-state index in [0.29, 0.717) is 11.0 Å². The molecule has 1 aromatic carbocycles. The largest absolute Gasteiger partial charge is 1.00 e. The van der Waals surface area contributed by atoms with Gasteiger partial charge in [0.05, 0.1) is 17.7 Å². The van der Waals surface area contributed by atoms with Crippen LogP contribution in [0.3, 0.4) is 0 Å². The summed E-state index contributed by atoms with van der Waals surface area (Å²) in [5, 5.41) is 10.6. The smallest absolute Gasteiger partial charge is 0.269 e. The third-order valence-corrected chi connectivity index (χ3v) is 3.26. The van der Waals surface area contributed by atoms with E-state index in [0.717, 1.165) is 25.1 Å². The lowest BCUT2D eigenvalue weighted by Gasteiger charge is -2.26. The van der Waals surface area contributed by atoms with E-state index in [2.05, 4.69) is 4.99 Å².